The van der Waals surface area contributed by atoms with E-state index in [1.165, 1.54) is 12.3 Å². The van der Waals surface area contributed by atoms with Crippen molar-refractivity contribution in [3.63, 3.8) is 0 Å². The minimum Gasteiger partial charge on any atom is -0.493 e. The molecule has 1 saturated carbocycles. The number of hydrogen-bond donors (Lipinski definition) is 1. The van der Waals surface area contributed by atoms with Crippen LogP contribution < -0.4 is 14.9 Å². The molecule has 1 aliphatic carbocycles. The first kappa shape index (κ1) is 20.5. The number of carboxylic acids is 1. The lowest BCUT2D eigenvalue weighted by Gasteiger charge is -2.40. The van der Waals surface area contributed by atoms with Crippen LogP contribution in [-0.2, 0) is 0 Å². The number of aromatic carboxylic acids is 1. The van der Waals surface area contributed by atoms with Crippen molar-refractivity contribution in [2.75, 3.05) is 13.7 Å². The summed E-state index contributed by atoms with van der Waals surface area (Å²) in [7, 11) is 1.61. The number of hydrogen-bond acceptors (Lipinski definition) is 4. The normalized spacial score (nSPS) is 21.0. The van der Waals surface area contributed by atoms with Crippen molar-refractivity contribution in [1.29, 1.82) is 0 Å². The summed E-state index contributed by atoms with van der Waals surface area (Å²) in [6.45, 7) is 9.22. The van der Waals surface area contributed by atoms with Crippen LogP contribution >= 0.6 is 0 Å². The van der Waals surface area contributed by atoms with Gasteiger partial charge < -0.3 is 19.1 Å². The van der Waals surface area contributed by atoms with E-state index in [4.69, 9.17) is 9.47 Å². The third kappa shape index (κ3) is 3.18. The molecule has 0 unspecified atom stereocenters. The second-order valence-electron chi connectivity index (χ2n) is 9.52. The van der Waals surface area contributed by atoms with Gasteiger partial charge in [0.25, 0.3) is 0 Å². The molecule has 6 nitrogen and oxygen atoms in total. The minimum absolute atomic E-state index is 0.0270. The van der Waals surface area contributed by atoms with Crippen molar-refractivity contribution < 1.29 is 19.4 Å². The van der Waals surface area contributed by atoms with E-state index in [2.05, 4.69) is 33.8 Å². The number of rotatable bonds is 5. The molecule has 2 aromatic rings. The number of carboxylic acid groups (broad SMARTS) is 1. The Bertz CT molecular complexity index is 1070. The van der Waals surface area contributed by atoms with Gasteiger partial charge >= 0.3 is 5.97 Å². The lowest BCUT2D eigenvalue weighted by atomic mass is 9.77. The predicted molar refractivity (Wildman–Crippen MR) is 115 cm³/mol. The van der Waals surface area contributed by atoms with E-state index in [0.717, 1.165) is 29.7 Å². The molecule has 2 atom stereocenters. The predicted octanol–water partition coefficient (Wildman–Crippen LogP) is 4.72. The van der Waals surface area contributed by atoms with Crippen LogP contribution in [0.15, 0.2) is 29.2 Å². The standard InChI is InChI=1S/C24H29NO5/c1-13(2)12-30-21-8-15-14-6-7-24(3,4)22(14)25-11-17(23(27)28)19(26)10-18(25)16(15)9-20(21)29-5/h8-11,13-14,22H,6-7,12H2,1-5H3,(H,27,28)/t14-,22+/m0/s1. The lowest BCUT2D eigenvalue weighted by Crippen LogP contribution is -2.32. The summed E-state index contributed by atoms with van der Waals surface area (Å²) in [5.74, 6) is 0.748. The number of benzene rings is 1. The van der Waals surface area contributed by atoms with E-state index in [-0.39, 0.29) is 22.9 Å². The Hall–Kier alpha value is -2.76. The smallest absolute Gasteiger partial charge is 0.341 e. The Labute approximate surface area is 176 Å². The van der Waals surface area contributed by atoms with Gasteiger partial charge in [0.2, 0.25) is 0 Å². The molecule has 1 aromatic heterocycles. The summed E-state index contributed by atoms with van der Waals surface area (Å²) < 4.78 is 13.7. The molecule has 4 rings (SSSR count). The molecule has 2 aliphatic rings. The van der Waals surface area contributed by atoms with Gasteiger partial charge in [-0.2, -0.15) is 0 Å². The van der Waals surface area contributed by atoms with Crippen molar-refractivity contribution in [3.05, 3.63) is 45.7 Å². The summed E-state index contributed by atoms with van der Waals surface area (Å²) in [6.07, 6.45) is 3.54. The topological polar surface area (TPSA) is 77.8 Å². The van der Waals surface area contributed by atoms with Gasteiger partial charge in [0.1, 0.15) is 5.56 Å². The molecule has 1 aliphatic heterocycles. The highest BCUT2D eigenvalue weighted by Crippen LogP contribution is 2.59. The first-order valence-electron chi connectivity index (χ1n) is 10.5. The van der Waals surface area contributed by atoms with Gasteiger partial charge in [0, 0.05) is 29.8 Å². The molecule has 0 radical (unpaired) electrons. The van der Waals surface area contributed by atoms with Crippen LogP contribution in [0.1, 0.15) is 68.4 Å². The molecular weight excluding hydrogens is 382 g/mol. The van der Waals surface area contributed by atoms with Crippen molar-refractivity contribution >= 4 is 5.97 Å². The number of ether oxygens (including phenoxy) is 2. The van der Waals surface area contributed by atoms with Gasteiger partial charge in [-0.3, -0.25) is 4.79 Å². The van der Waals surface area contributed by atoms with Crippen LogP contribution in [0.2, 0.25) is 0 Å². The van der Waals surface area contributed by atoms with Crippen LogP contribution in [0.5, 0.6) is 11.5 Å². The Morgan fingerprint density at radius 1 is 1.27 bits per heavy atom. The molecule has 0 spiro atoms. The van der Waals surface area contributed by atoms with Gasteiger partial charge in [-0.15, -0.1) is 0 Å². The number of methoxy groups -OCH3 is 1. The molecule has 30 heavy (non-hydrogen) atoms. The maximum absolute atomic E-state index is 12.5. The highest BCUT2D eigenvalue weighted by atomic mass is 16.5. The summed E-state index contributed by atoms with van der Waals surface area (Å²) >= 11 is 0. The van der Waals surface area contributed by atoms with Crippen LogP contribution in [0, 0.1) is 11.3 Å². The highest BCUT2D eigenvalue weighted by molar-refractivity contribution is 5.88. The molecular formula is C24H29NO5. The van der Waals surface area contributed by atoms with Gasteiger partial charge in [-0.1, -0.05) is 27.7 Å². The molecule has 1 aromatic carbocycles. The third-order valence-electron chi connectivity index (χ3n) is 6.47. The highest BCUT2D eigenvalue weighted by Gasteiger charge is 2.47. The molecule has 0 amide bonds. The summed E-state index contributed by atoms with van der Waals surface area (Å²) in [6, 6.07) is 5.53. The molecule has 2 heterocycles. The maximum Gasteiger partial charge on any atom is 0.341 e. The fourth-order valence-electron chi connectivity index (χ4n) is 5.06. The first-order valence-corrected chi connectivity index (χ1v) is 10.5. The van der Waals surface area contributed by atoms with Crippen LogP contribution in [0.25, 0.3) is 11.3 Å². The van der Waals surface area contributed by atoms with Crippen LogP contribution in [0.4, 0.5) is 0 Å². The lowest BCUT2D eigenvalue weighted by molar-refractivity contribution is 0.0693. The zero-order valence-electron chi connectivity index (χ0n) is 18.2. The van der Waals surface area contributed by atoms with Crippen molar-refractivity contribution in [2.24, 2.45) is 11.3 Å². The number of aromatic nitrogens is 1. The van der Waals surface area contributed by atoms with Crippen molar-refractivity contribution in [1.82, 2.24) is 4.57 Å². The average Bonchev–Trinajstić information content (AvgIpc) is 3.00. The maximum atomic E-state index is 12.5. The van der Waals surface area contributed by atoms with E-state index in [1.54, 1.807) is 7.11 Å². The molecule has 1 N–H and O–H groups in total. The molecule has 160 valence electrons. The Morgan fingerprint density at radius 2 is 2.00 bits per heavy atom. The fourth-order valence-corrected chi connectivity index (χ4v) is 5.06. The zero-order chi connectivity index (χ0) is 21.8. The summed E-state index contributed by atoms with van der Waals surface area (Å²) in [5.41, 5.74) is 2.11. The fraction of sp³-hybridized carbons (Fsp3) is 0.500. The van der Waals surface area contributed by atoms with Crippen LogP contribution in [0.3, 0.4) is 0 Å². The third-order valence-corrected chi connectivity index (χ3v) is 6.47. The average molecular weight is 411 g/mol. The number of pyridine rings is 1. The minimum atomic E-state index is -1.19. The Balaban J connectivity index is 1.96. The molecule has 6 heteroatoms. The zero-order valence-corrected chi connectivity index (χ0v) is 18.2. The molecule has 0 saturated heterocycles. The van der Waals surface area contributed by atoms with Gasteiger partial charge in [-0.25, -0.2) is 4.79 Å². The Kier molecular flexibility index (Phi) is 4.91. The Morgan fingerprint density at radius 3 is 2.63 bits per heavy atom. The monoisotopic (exact) mass is 411 g/mol. The van der Waals surface area contributed by atoms with E-state index in [0.29, 0.717) is 24.0 Å². The van der Waals surface area contributed by atoms with Crippen molar-refractivity contribution in [3.8, 4) is 22.8 Å². The number of fused-ring (bicyclic) bond motifs is 6. The summed E-state index contributed by atoms with van der Waals surface area (Å²) in [4.78, 5) is 24.2. The number of nitrogens with zero attached hydrogens (tertiary/aromatic N) is 1. The largest absolute Gasteiger partial charge is 0.493 e. The first-order chi connectivity index (χ1) is 14.1. The van der Waals surface area contributed by atoms with Crippen LogP contribution in [-0.4, -0.2) is 29.4 Å². The van der Waals surface area contributed by atoms with Gasteiger partial charge in [-0.05, 0) is 41.9 Å². The molecule has 0 bridgehead atoms. The van der Waals surface area contributed by atoms with Gasteiger partial charge in [0.15, 0.2) is 16.9 Å². The quantitative estimate of drug-likeness (QED) is 0.771. The second kappa shape index (κ2) is 7.18. The summed E-state index contributed by atoms with van der Waals surface area (Å²) in [5, 5.41) is 9.51. The van der Waals surface area contributed by atoms with Gasteiger partial charge in [0.05, 0.1) is 19.4 Å². The SMILES string of the molecule is COc1cc2c(cc1OCC(C)C)[C@@H]1CCC(C)(C)[C@@H]1n1cc(C(=O)O)c(=O)cc1-2. The van der Waals surface area contributed by atoms with Crippen molar-refractivity contribution in [2.45, 2.75) is 52.5 Å². The van der Waals surface area contributed by atoms with E-state index >= 15 is 0 Å². The van der Waals surface area contributed by atoms with E-state index in [9.17, 15) is 14.7 Å². The number of carbonyl (C=O) groups is 1. The molecule has 1 fully saturated rings. The van der Waals surface area contributed by atoms with E-state index in [1.807, 2.05) is 10.6 Å². The second-order valence-corrected chi connectivity index (χ2v) is 9.52. The van der Waals surface area contributed by atoms with E-state index < -0.39 is 11.4 Å².